The van der Waals surface area contributed by atoms with Crippen LogP contribution in [0, 0.1) is 5.92 Å². The first-order valence-electron chi connectivity index (χ1n) is 8.07. The Labute approximate surface area is 150 Å². The molecular weight excluding hydrogens is 338 g/mol. The normalized spacial score (nSPS) is 11.0. The molecule has 1 amide bonds. The van der Waals surface area contributed by atoms with Crippen molar-refractivity contribution in [3.63, 3.8) is 0 Å². The molecule has 5 heteroatoms. The van der Waals surface area contributed by atoms with E-state index in [0.717, 1.165) is 0 Å². The third-order valence-corrected chi connectivity index (χ3v) is 4.02. The molecule has 1 aromatic heterocycles. The zero-order valence-corrected chi connectivity index (χ0v) is 14.8. The summed E-state index contributed by atoms with van der Waals surface area (Å²) in [5.41, 5.74) is 1.42. The van der Waals surface area contributed by atoms with Crippen LogP contribution in [-0.4, -0.2) is 11.7 Å². The summed E-state index contributed by atoms with van der Waals surface area (Å²) in [7, 11) is 0. The SMILES string of the molecule is CC(C)CC(=O)Nc1c(C(=O)c2ccc(Cl)cc2)oc2ccccc12. The standard InChI is InChI=1S/C20H18ClNO3/c1-12(2)11-17(23)22-18-15-5-3-4-6-16(15)25-20(18)19(24)13-7-9-14(21)10-8-13/h3-10,12H,11H2,1-2H3,(H,22,23). The quantitative estimate of drug-likeness (QED) is 0.631. The van der Waals surface area contributed by atoms with Crippen molar-refractivity contribution in [3.8, 4) is 0 Å². The van der Waals surface area contributed by atoms with Gasteiger partial charge in [0, 0.05) is 22.4 Å². The summed E-state index contributed by atoms with van der Waals surface area (Å²) in [6.07, 6.45) is 0.369. The van der Waals surface area contributed by atoms with Crippen molar-refractivity contribution >= 4 is 39.9 Å². The largest absolute Gasteiger partial charge is 0.450 e. The number of rotatable bonds is 5. The molecule has 0 unspecified atom stereocenters. The molecule has 3 aromatic rings. The maximum atomic E-state index is 12.9. The molecule has 25 heavy (non-hydrogen) atoms. The summed E-state index contributed by atoms with van der Waals surface area (Å²) in [5, 5.41) is 4.10. The van der Waals surface area contributed by atoms with Crippen LogP contribution < -0.4 is 5.32 Å². The maximum absolute atomic E-state index is 12.9. The maximum Gasteiger partial charge on any atom is 0.230 e. The van der Waals surface area contributed by atoms with Crippen LogP contribution in [0.15, 0.2) is 52.9 Å². The topological polar surface area (TPSA) is 59.3 Å². The van der Waals surface area contributed by atoms with Gasteiger partial charge in [0.15, 0.2) is 5.76 Å². The van der Waals surface area contributed by atoms with Gasteiger partial charge in [-0.25, -0.2) is 0 Å². The monoisotopic (exact) mass is 355 g/mol. The van der Waals surface area contributed by atoms with Gasteiger partial charge in [0.25, 0.3) is 0 Å². The van der Waals surface area contributed by atoms with E-state index in [-0.39, 0.29) is 23.4 Å². The number of furan rings is 1. The van der Waals surface area contributed by atoms with Gasteiger partial charge < -0.3 is 9.73 Å². The van der Waals surface area contributed by atoms with Crippen LogP contribution in [0.3, 0.4) is 0 Å². The number of anilines is 1. The minimum absolute atomic E-state index is 0.126. The zero-order chi connectivity index (χ0) is 18.0. The second-order valence-corrected chi connectivity index (χ2v) is 6.72. The van der Waals surface area contributed by atoms with E-state index in [1.54, 1.807) is 30.3 Å². The van der Waals surface area contributed by atoms with Crippen LogP contribution in [0.25, 0.3) is 11.0 Å². The molecule has 4 nitrogen and oxygen atoms in total. The summed E-state index contributed by atoms with van der Waals surface area (Å²) in [6, 6.07) is 13.8. The van der Waals surface area contributed by atoms with E-state index in [2.05, 4.69) is 5.32 Å². The predicted octanol–water partition coefficient (Wildman–Crippen LogP) is 5.30. The van der Waals surface area contributed by atoms with Gasteiger partial charge in [-0.15, -0.1) is 0 Å². The lowest BCUT2D eigenvalue weighted by molar-refractivity contribution is -0.116. The molecule has 0 fully saturated rings. The third kappa shape index (κ3) is 3.74. The average Bonchev–Trinajstić information content (AvgIpc) is 2.93. The van der Waals surface area contributed by atoms with E-state index in [1.165, 1.54) is 0 Å². The number of amides is 1. The molecule has 0 radical (unpaired) electrons. The van der Waals surface area contributed by atoms with Crippen LogP contribution >= 0.6 is 11.6 Å². The van der Waals surface area contributed by atoms with Gasteiger partial charge in [-0.3, -0.25) is 9.59 Å². The summed E-state index contributed by atoms with van der Waals surface area (Å²) >= 11 is 5.88. The highest BCUT2D eigenvalue weighted by atomic mass is 35.5. The fourth-order valence-electron chi connectivity index (χ4n) is 2.62. The van der Waals surface area contributed by atoms with Crippen molar-refractivity contribution in [3.05, 3.63) is 64.9 Å². The van der Waals surface area contributed by atoms with Crippen LogP contribution in [0.1, 0.15) is 36.4 Å². The molecule has 0 aliphatic carbocycles. The first-order valence-corrected chi connectivity index (χ1v) is 8.45. The van der Waals surface area contributed by atoms with E-state index in [9.17, 15) is 9.59 Å². The fourth-order valence-corrected chi connectivity index (χ4v) is 2.75. The van der Waals surface area contributed by atoms with E-state index in [0.29, 0.717) is 33.7 Å². The van der Waals surface area contributed by atoms with Crippen molar-refractivity contribution in [2.45, 2.75) is 20.3 Å². The number of hydrogen-bond acceptors (Lipinski definition) is 3. The second kappa shape index (κ2) is 7.11. The number of benzene rings is 2. The third-order valence-electron chi connectivity index (χ3n) is 3.77. The molecule has 0 spiro atoms. The van der Waals surface area contributed by atoms with Crippen LogP contribution in [0.2, 0.25) is 5.02 Å². The number of carbonyl (C=O) groups excluding carboxylic acids is 2. The molecule has 0 saturated carbocycles. The van der Waals surface area contributed by atoms with Gasteiger partial charge in [-0.1, -0.05) is 37.6 Å². The van der Waals surface area contributed by atoms with E-state index in [1.807, 2.05) is 32.0 Å². The van der Waals surface area contributed by atoms with Crippen molar-refractivity contribution in [1.82, 2.24) is 0 Å². The molecule has 0 atom stereocenters. The smallest absolute Gasteiger partial charge is 0.230 e. The first-order chi connectivity index (χ1) is 12.0. The molecule has 0 bridgehead atoms. The Morgan fingerprint density at radius 3 is 2.44 bits per heavy atom. The van der Waals surface area contributed by atoms with Gasteiger partial charge in [-0.2, -0.15) is 0 Å². The zero-order valence-electron chi connectivity index (χ0n) is 14.0. The summed E-state index contributed by atoms with van der Waals surface area (Å²) in [5.74, 6) is -0.103. The minimum atomic E-state index is -0.298. The van der Waals surface area contributed by atoms with Crippen LogP contribution in [0.5, 0.6) is 0 Å². The lowest BCUT2D eigenvalue weighted by Gasteiger charge is -2.08. The van der Waals surface area contributed by atoms with Gasteiger partial charge in [-0.05, 0) is 42.3 Å². The van der Waals surface area contributed by atoms with Gasteiger partial charge in [0.2, 0.25) is 11.7 Å². The van der Waals surface area contributed by atoms with E-state index < -0.39 is 0 Å². The Morgan fingerprint density at radius 1 is 1.08 bits per heavy atom. The summed E-state index contributed by atoms with van der Waals surface area (Å²) < 4.78 is 5.75. The Hall–Kier alpha value is -2.59. The highest BCUT2D eigenvalue weighted by molar-refractivity contribution is 6.30. The fraction of sp³-hybridized carbons (Fsp3) is 0.200. The number of para-hydroxylation sites is 1. The Kier molecular flexibility index (Phi) is 4.91. The lowest BCUT2D eigenvalue weighted by Crippen LogP contribution is -2.15. The minimum Gasteiger partial charge on any atom is -0.450 e. The van der Waals surface area contributed by atoms with Crippen molar-refractivity contribution < 1.29 is 14.0 Å². The molecule has 2 aromatic carbocycles. The van der Waals surface area contributed by atoms with Crippen molar-refractivity contribution in [2.75, 3.05) is 5.32 Å². The average molecular weight is 356 g/mol. The predicted molar refractivity (Wildman–Crippen MR) is 99.2 cm³/mol. The number of nitrogens with one attached hydrogen (secondary N) is 1. The van der Waals surface area contributed by atoms with E-state index in [4.69, 9.17) is 16.0 Å². The van der Waals surface area contributed by atoms with Gasteiger partial charge >= 0.3 is 0 Å². The Balaban J connectivity index is 2.04. The molecule has 0 aliphatic rings. The lowest BCUT2D eigenvalue weighted by atomic mass is 10.1. The second-order valence-electron chi connectivity index (χ2n) is 6.28. The number of ketones is 1. The number of hydrogen-bond donors (Lipinski definition) is 1. The molecule has 1 heterocycles. The Morgan fingerprint density at radius 2 is 1.76 bits per heavy atom. The highest BCUT2D eigenvalue weighted by Crippen LogP contribution is 2.33. The Bertz CT molecular complexity index is 926. The molecule has 1 N–H and O–H groups in total. The van der Waals surface area contributed by atoms with E-state index >= 15 is 0 Å². The molecule has 0 saturated heterocycles. The number of fused-ring (bicyclic) bond motifs is 1. The number of carbonyl (C=O) groups is 2. The molecule has 3 rings (SSSR count). The highest BCUT2D eigenvalue weighted by Gasteiger charge is 2.23. The van der Waals surface area contributed by atoms with Crippen LogP contribution in [0.4, 0.5) is 5.69 Å². The molecule has 128 valence electrons. The van der Waals surface area contributed by atoms with Gasteiger partial charge in [0.05, 0.1) is 5.69 Å². The van der Waals surface area contributed by atoms with Crippen molar-refractivity contribution in [2.24, 2.45) is 5.92 Å². The van der Waals surface area contributed by atoms with Crippen LogP contribution in [-0.2, 0) is 4.79 Å². The van der Waals surface area contributed by atoms with Gasteiger partial charge in [0.1, 0.15) is 5.58 Å². The molecule has 0 aliphatic heterocycles. The van der Waals surface area contributed by atoms with Crippen molar-refractivity contribution in [1.29, 1.82) is 0 Å². The number of halogens is 1. The first kappa shape index (κ1) is 17.2. The molecular formula is C20H18ClNO3. The summed E-state index contributed by atoms with van der Waals surface area (Å²) in [6.45, 7) is 3.93. The summed E-state index contributed by atoms with van der Waals surface area (Å²) in [4.78, 5) is 25.1.